The van der Waals surface area contributed by atoms with Gasteiger partial charge in [-0.25, -0.2) is 0 Å². The van der Waals surface area contributed by atoms with Crippen molar-refractivity contribution in [3.05, 3.63) is 0 Å². The van der Waals surface area contributed by atoms with Gasteiger partial charge in [-0.2, -0.15) is 0 Å². The molecule has 10 heavy (non-hydrogen) atoms. The fraction of sp³-hybridized carbons (Fsp3) is 1.00. The zero-order chi connectivity index (χ0) is 4.83. The highest BCUT2D eigenvalue weighted by Crippen LogP contribution is 1.65. The van der Waals surface area contributed by atoms with Crippen molar-refractivity contribution >= 4 is 0 Å². The zero-order valence-corrected chi connectivity index (χ0v) is 4.23. The summed E-state index contributed by atoms with van der Waals surface area (Å²) in [4.78, 5) is 0. The van der Waals surface area contributed by atoms with Gasteiger partial charge in [0.25, 0.3) is 0 Å². The molecule has 0 saturated heterocycles. The molecule has 0 unspecified atom stereocenters. The molecule has 0 saturated carbocycles. The summed E-state index contributed by atoms with van der Waals surface area (Å²) in [5, 5.41) is 0. The van der Waals surface area contributed by atoms with E-state index < -0.39 is 0 Å². The van der Waals surface area contributed by atoms with Crippen LogP contribution in [-0.2, 0) is 9.47 Å². The first-order valence-electron chi connectivity index (χ1n) is 1.89. The van der Waals surface area contributed by atoms with Crippen LogP contribution in [0, 0.1) is 0 Å². The summed E-state index contributed by atoms with van der Waals surface area (Å²) in [6, 6.07) is 0. The molecule has 0 amide bonds. The molecule has 0 N–H and O–H groups in total. The molecule has 70 valence electrons. The summed E-state index contributed by atoms with van der Waals surface area (Å²) in [7, 11) is 3.30. The van der Waals surface area contributed by atoms with E-state index in [1.54, 1.807) is 14.2 Å². The topological polar surface area (TPSA) is 18.5 Å². The lowest BCUT2D eigenvalue weighted by molar-refractivity contribution is 0.103. The SMILES string of the molecule is C.C.C.C.COCCOC. The van der Waals surface area contributed by atoms with Crippen LogP contribution in [0.15, 0.2) is 0 Å². The molecule has 0 aromatic heterocycles. The highest BCUT2D eigenvalue weighted by molar-refractivity contribution is 4.17. The van der Waals surface area contributed by atoms with Gasteiger partial charge in [-0.3, -0.25) is 0 Å². The molecule has 0 aliphatic heterocycles. The highest BCUT2D eigenvalue weighted by atomic mass is 16.5. The number of hydrogen-bond acceptors (Lipinski definition) is 2. The van der Waals surface area contributed by atoms with Gasteiger partial charge in [0, 0.05) is 14.2 Å². The fourth-order valence-corrected chi connectivity index (χ4v) is 0.167. The summed E-state index contributed by atoms with van der Waals surface area (Å²) in [6.45, 7) is 1.38. The van der Waals surface area contributed by atoms with Gasteiger partial charge in [0.2, 0.25) is 0 Å². The Bertz CT molecular complexity index is 19.2. The zero-order valence-electron chi connectivity index (χ0n) is 4.23. The average molecular weight is 154 g/mol. The Morgan fingerprint density at radius 3 is 1.00 bits per heavy atom. The lowest BCUT2D eigenvalue weighted by Gasteiger charge is -1.91. The van der Waals surface area contributed by atoms with Crippen molar-refractivity contribution in [2.75, 3.05) is 27.4 Å². The van der Waals surface area contributed by atoms with Crippen LogP contribution in [0.3, 0.4) is 0 Å². The predicted octanol–water partition coefficient (Wildman–Crippen LogP) is 2.82. The maximum Gasteiger partial charge on any atom is 0.0696 e. The maximum absolute atomic E-state index is 4.66. The molecule has 0 aromatic rings. The number of hydrogen-bond donors (Lipinski definition) is 0. The second-order valence-electron chi connectivity index (χ2n) is 0.986. The normalized spacial score (nSPS) is 5.40. The monoisotopic (exact) mass is 154 g/mol. The average Bonchev–Trinajstić information content (AvgIpc) is 1.61. The van der Waals surface area contributed by atoms with Crippen LogP contribution in [0.4, 0.5) is 0 Å². The van der Waals surface area contributed by atoms with Gasteiger partial charge in [-0.1, -0.05) is 29.7 Å². The summed E-state index contributed by atoms with van der Waals surface area (Å²) in [5.41, 5.74) is 0. The largest absolute Gasteiger partial charge is 0.382 e. The Labute approximate surface area is 67.5 Å². The van der Waals surface area contributed by atoms with E-state index in [0.29, 0.717) is 13.2 Å². The van der Waals surface area contributed by atoms with Crippen molar-refractivity contribution < 1.29 is 9.47 Å². The molecule has 2 nitrogen and oxygen atoms in total. The van der Waals surface area contributed by atoms with Crippen LogP contribution in [0.1, 0.15) is 29.7 Å². The van der Waals surface area contributed by atoms with Gasteiger partial charge in [0.15, 0.2) is 0 Å². The van der Waals surface area contributed by atoms with Gasteiger partial charge in [0.1, 0.15) is 0 Å². The minimum atomic E-state index is 0. The molecule has 0 bridgehead atoms. The van der Waals surface area contributed by atoms with Crippen molar-refractivity contribution in [1.29, 1.82) is 0 Å². The molecule has 0 aromatic carbocycles. The lowest BCUT2D eigenvalue weighted by atomic mass is 10.8. The van der Waals surface area contributed by atoms with E-state index in [1.807, 2.05) is 0 Å². The van der Waals surface area contributed by atoms with E-state index in [-0.39, 0.29) is 29.7 Å². The summed E-state index contributed by atoms with van der Waals surface area (Å²) >= 11 is 0. The van der Waals surface area contributed by atoms with Crippen molar-refractivity contribution in [3.8, 4) is 0 Å². The standard InChI is InChI=1S/C4H10O2.4CH4/c1-5-3-4-6-2;;;;/h3-4H2,1-2H3;4*1H4. The van der Waals surface area contributed by atoms with Crippen molar-refractivity contribution in [1.82, 2.24) is 0 Å². The van der Waals surface area contributed by atoms with Gasteiger partial charge in [-0.05, 0) is 0 Å². The highest BCUT2D eigenvalue weighted by Gasteiger charge is 1.73. The fourth-order valence-electron chi connectivity index (χ4n) is 0.167. The van der Waals surface area contributed by atoms with Gasteiger partial charge in [-0.15, -0.1) is 0 Å². The van der Waals surface area contributed by atoms with E-state index in [0.717, 1.165) is 0 Å². The Hall–Kier alpha value is -0.0800. The Kier molecular flexibility index (Phi) is 119. The minimum Gasteiger partial charge on any atom is -0.382 e. The molecule has 0 rings (SSSR count). The molecule has 0 heterocycles. The first-order valence-corrected chi connectivity index (χ1v) is 1.89. The smallest absolute Gasteiger partial charge is 0.0696 e. The summed E-state index contributed by atoms with van der Waals surface area (Å²) in [6.07, 6.45) is 0. The number of ether oxygens (including phenoxy) is 2. The number of rotatable bonds is 3. The molecule has 2 heteroatoms. The van der Waals surface area contributed by atoms with Crippen molar-refractivity contribution in [3.63, 3.8) is 0 Å². The van der Waals surface area contributed by atoms with Crippen LogP contribution in [-0.4, -0.2) is 27.4 Å². The third kappa shape index (κ3) is 44.5. The third-order valence-corrected chi connectivity index (χ3v) is 0.492. The van der Waals surface area contributed by atoms with Gasteiger partial charge < -0.3 is 9.47 Å². The minimum absolute atomic E-state index is 0. The van der Waals surface area contributed by atoms with Crippen molar-refractivity contribution in [2.24, 2.45) is 0 Å². The van der Waals surface area contributed by atoms with E-state index >= 15 is 0 Å². The summed E-state index contributed by atoms with van der Waals surface area (Å²) < 4.78 is 9.31. The molecule has 0 atom stereocenters. The Morgan fingerprint density at radius 1 is 0.700 bits per heavy atom. The quantitative estimate of drug-likeness (QED) is 0.582. The van der Waals surface area contributed by atoms with Crippen LogP contribution in [0.2, 0.25) is 0 Å². The van der Waals surface area contributed by atoms with E-state index in [4.69, 9.17) is 0 Å². The number of methoxy groups -OCH3 is 2. The van der Waals surface area contributed by atoms with Gasteiger partial charge >= 0.3 is 0 Å². The molecular formula is C8H26O2. The summed E-state index contributed by atoms with van der Waals surface area (Å²) in [5.74, 6) is 0. The molecule has 0 aliphatic carbocycles. The first-order chi connectivity index (χ1) is 2.91. The van der Waals surface area contributed by atoms with E-state index in [1.165, 1.54) is 0 Å². The van der Waals surface area contributed by atoms with Gasteiger partial charge in [0.05, 0.1) is 13.2 Å². The maximum atomic E-state index is 4.66. The third-order valence-electron chi connectivity index (χ3n) is 0.492. The molecular weight excluding hydrogens is 128 g/mol. The Morgan fingerprint density at radius 2 is 0.900 bits per heavy atom. The van der Waals surface area contributed by atoms with Crippen LogP contribution >= 0.6 is 0 Å². The predicted molar refractivity (Wildman–Crippen MR) is 50.7 cm³/mol. The van der Waals surface area contributed by atoms with Crippen LogP contribution < -0.4 is 0 Å². The second-order valence-corrected chi connectivity index (χ2v) is 0.986. The first kappa shape index (κ1) is 32.6. The van der Waals surface area contributed by atoms with E-state index in [2.05, 4.69) is 9.47 Å². The second kappa shape index (κ2) is 36.4. The Balaban J connectivity index is -0.0000000208. The lowest BCUT2D eigenvalue weighted by Crippen LogP contribution is -1.96. The van der Waals surface area contributed by atoms with Crippen LogP contribution in [0.25, 0.3) is 0 Å². The van der Waals surface area contributed by atoms with E-state index in [9.17, 15) is 0 Å². The molecule has 0 fully saturated rings. The molecule has 0 radical (unpaired) electrons. The van der Waals surface area contributed by atoms with Crippen molar-refractivity contribution in [2.45, 2.75) is 29.7 Å². The van der Waals surface area contributed by atoms with Crippen LogP contribution in [0.5, 0.6) is 0 Å². The molecule has 0 spiro atoms. The molecule has 0 aliphatic rings.